The zero-order chi connectivity index (χ0) is 19.2. The second kappa shape index (κ2) is 9.50. The summed E-state index contributed by atoms with van der Waals surface area (Å²) in [6.07, 6.45) is 3.45. The molecule has 0 radical (unpaired) electrons. The number of halogens is 2. The lowest BCUT2D eigenvalue weighted by Gasteiger charge is -2.06. The first-order valence-electron chi connectivity index (χ1n) is 7.91. The van der Waals surface area contributed by atoms with Gasteiger partial charge in [-0.05, 0) is 24.6 Å². The number of nitrogens with zero attached hydrogens (tertiary/aromatic N) is 2. The first kappa shape index (κ1) is 20.9. The van der Waals surface area contributed by atoms with Crippen LogP contribution in [0.5, 0.6) is 0 Å². The predicted octanol–water partition coefficient (Wildman–Crippen LogP) is 4.84. The lowest BCUT2D eigenvalue weighted by molar-refractivity contribution is 0.262. The minimum absolute atomic E-state index is 0.0249. The number of hydrogen-bond donors (Lipinski definition) is 2. The maximum Gasteiger partial charge on any atom is 0.325 e. The van der Waals surface area contributed by atoms with Gasteiger partial charge in [-0.15, -0.1) is 10.2 Å². The van der Waals surface area contributed by atoms with Crippen molar-refractivity contribution in [2.24, 2.45) is 0 Å². The standard InChI is InChI=1S/C15H18Cl2N4O3S2/c1-2-3-4-5-8-26(23,24)15-21-20-14(25-15)19-13(22)18-10-6-7-11(16)12(17)9-10/h6-7,9H,2-5,8H2,1H3,(H2,18,19,20,22). The second-order valence-corrected chi connectivity index (χ2v) is 9.54. The normalized spacial score (nSPS) is 11.3. The Bertz CT molecular complexity index is 872. The minimum Gasteiger partial charge on any atom is -0.308 e. The summed E-state index contributed by atoms with van der Waals surface area (Å²) in [5, 5.41) is 13.1. The molecule has 0 atom stereocenters. The van der Waals surface area contributed by atoms with E-state index in [1.165, 1.54) is 6.07 Å². The Labute approximate surface area is 166 Å². The van der Waals surface area contributed by atoms with Gasteiger partial charge in [-0.3, -0.25) is 5.32 Å². The fourth-order valence-electron chi connectivity index (χ4n) is 2.03. The summed E-state index contributed by atoms with van der Waals surface area (Å²) in [5.41, 5.74) is 0.435. The van der Waals surface area contributed by atoms with Crippen LogP contribution in [0.15, 0.2) is 22.5 Å². The number of carbonyl (C=O) groups excluding carboxylic acids is 1. The van der Waals surface area contributed by atoms with Crippen LogP contribution < -0.4 is 10.6 Å². The second-order valence-electron chi connectivity index (χ2n) is 5.46. The first-order chi connectivity index (χ1) is 12.3. The van der Waals surface area contributed by atoms with Crippen LogP contribution in [-0.2, 0) is 9.84 Å². The fraction of sp³-hybridized carbons (Fsp3) is 0.400. The number of anilines is 2. The smallest absolute Gasteiger partial charge is 0.308 e. The molecule has 1 aromatic heterocycles. The molecule has 0 aliphatic carbocycles. The quantitative estimate of drug-likeness (QED) is 0.455. The molecule has 11 heteroatoms. The number of benzene rings is 1. The van der Waals surface area contributed by atoms with Crippen molar-refractivity contribution in [1.82, 2.24) is 10.2 Å². The number of carbonyl (C=O) groups is 1. The van der Waals surface area contributed by atoms with Gasteiger partial charge in [-0.1, -0.05) is 60.7 Å². The van der Waals surface area contributed by atoms with Gasteiger partial charge in [0.05, 0.1) is 15.8 Å². The molecule has 0 unspecified atom stereocenters. The van der Waals surface area contributed by atoms with Gasteiger partial charge in [0.2, 0.25) is 19.3 Å². The molecule has 7 nitrogen and oxygen atoms in total. The summed E-state index contributed by atoms with van der Waals surface area (Å²) < 4.78 is 24.3. The third kappa shape index (κ3) is 6.08. The molecule has 1 heterocycles. The van der Waals surface area contributed by atoms with Crippen molar-refractivity contribution in [3.63, 3.8) is 0 Å². The molecule has 0 aliphatic rings. The number of sulfone groups is 1. The molecule has 0 spiro atoms. The van der Waals surface area contributed by atoms with E-state index in [9.17, 15) is 13.2 Å². The van der Waals surface area contributed by atoms with E-state index in [-0.39, 0.29) is 15.2 Å². The highest BCUT2D eigenvalue weighted by atomic mass is 35.5. The summed E-state index contributed by atoms with van der Waals surface area (Å²) in [5.74, 6) is 0.0249. The van der Waals surface area contributed by atoms with Crippen LogP contribution in [0.4, 0.5) is 15.6 Å². The number of urea groups is 1. The summed E-state index contributed by atoms with van der Waals surface area (Å²) in [7, 11) is -3.48. The molecule has 2 aromatic rings. The Balaban J connectivity index is 1.94. The zero-order valence-electron chi connectivity index (χ0n) is 14.0. The van der Waals surface area contributed by atoms with Gasteiger partial charge in [0.1, 0.15) is 0 Å². The van der Waals surface area contributed by atoms with Crippen LogP contribution >= 0.6 is 34.5 Å². The first-order valence-corrected chi connectivity index (χ1v) is 11.1. The maximum atomic E-state index is 12.2. The van der Waals surface area contributed by atoms with Crippen LogP contribution in [-0.4, -0.2) is 30.4 Å². The van der Waals surface area contributed by atoms with Crippen molar-refractivity contribution in [1.29, 1.82) is 0 Å². The Kier molecular flexibility index (Phi) is 7.63. The highest BCUT2D eigenvalue weighted by Gasteiger charge is 2.20. The molecule has 2 amide bonds. The molecule has 2 rings (SSSR count). The number of amides is 2. The van der Waals surface area contributed by atoms with E-state index in [1.807, 2.05) is 0 Å². The van der Waals surface area contributed by atoms with Crippen molar-refractivity contribution in [2.45, 2.75) is 36.9 Å². The Morgan fingerprint density at radius 2 is 1.88 bits per heavy atom. The molecule has 0 saturated carbocycles. The molecule has 1 aromatic carbocycles. The largest absolute Gasteiger partial charge is 0.325 e. The Morgan fingerprint density at radius 1 is 1.12 bits per heavy atom. The summed E-state index contributed by atoms with van der Waals surface area (Å²) in [6, 6.07) is 4.04. The minimum atomic E-state index is -3.48. The Hall–Kier alpha value is -1.42. The monoisotopic (exact) mass is 436 g/mol. The van der Waals surface area contributed by atoms with Crippen molar-refractivity contribution in [3.8, 4) is 0 Å². The molecule has 2 N–H and O–H groups in total. The van der Waals surface area contributed by atoms with E-state index in [0.717, 1.165) is 30.6 Å². The highest BCUT2D eigenvalue weighted by molar-refractivity contribution is 7.93. The van der Waals surface area contributed by atoms with Gasteiger partial charge in [0.25, 0.3) is 0 Å². The molecule has 0 aliphatic heterocycles. The number of unbranched alkanes of at least 4 members (excludes halogenated alkanes) is 3. The number of nitrogens with one attached hydrogen (secondary N) is 2. The van der Waals surface area contributed by atoms with E-state index >= 15 is 0 Å². The summed E-state index contributed by atoms with van der Waals surface area (Å²) in [6.45, 7) is 2.06. The van der Waals surface area contributed by atoms with E-state index in [1.54, 1.807) is 12.1 Å². The van der Waals surface area contributed by atoms with Crippen LogP contribution in [0.2, 0.25) is 10.0 Å². The highest BCUT2D eigenvalue weighted by Crippen LogP contribution is 2.26. The van der Waals surface area contributed by atoms with Gasteiger partial charge < -0.3 is 5.32 Å². The van der Waals surface area contributed by atoms with Gasteiger partial charge in [0.15, 0.2) is 0 Å². The molecular formula is C15H18Cl2N4O3S2. The van der Waals surface area contributed by atoms with Crippen molar-refractivity contribution >= 4 is 61.2 Å². The van der Waals surface area contributed by atoms with Crippen molar-refractivity contribution in [2.75, 3.05) is 16.4 Å². The number of aromatic nitrogens is 2. The third-order valence-corrected chi connectivity index (χ3v) is 7.16. The SMILES string of the molecule is CCCCCCS(=O)(=O)c1nnc(NC(=O)Nc2ccc(Cl)c(Cl)c2)s1. The molecule has 0 bridgehead atoms. The lowest BCUT2D eigenvalue weighted by Crippen LogP contribution is -2.19. The third-order valence-electron chi connectivity index (χ3n) is 3.34. The van der Waals surface area contributed by atoms with E-state index in [0.29, 0.717) is 22.2 Å². The molecular weight excluding hydrogens is 419 g/mol. The van der Waals surface area contributed by atoms with E-state index < -0.39 is 15.9 Å². The number of rotatable bonds is 8. The van der Waals surface area contributed by atoms with Crippen molar-refractivity contribution in [3.05, 3.63) is 28.2 Å². The van der Waals surface area contributed by atoms with Crippen LogP contribution in [0.1, 0.15) is 32.6 Å². The number of hydrogen-bond acceptors (Lipinski definition) is 6. The molecule has 0 saturated heterocycles. The average Bonchev–Trinajstić information content (AvgIpc) is 3.04. The lowest BCUT2D eigenvalue weighted by atomic mass is 10.2. The molecule has 26 heavy (non-hydrogen) atoms. The van der Waals surface area contributed by atoms with Gasteiger partial charge >= 0.3 is 6.03 Å². The fourth-order valence-corrected chi connectivity index (χ4v) is 4.71. The maximum absolute atomic E-state index is 12.2. The predicted molar refractivity (Wildman–Crippen MR) is 105 cm³/mol. The molecule has 0 fully saturated rings. The summed E-state index contributed by atoms with van der Waals surface area (Å²) in [4.78, 5) is 12.0. The van der Waals surface area contributed by atoms with Crippen LogP contribution in [0, 0.1) is 0 Å². The van der Waals surface area contributed by atoms with E-state index in [4.69, 9.17) is 23.2 Å². The van der Waals surface area contributed by atoms with E-state index in [2.05, 4.69) is 27.8 Å². The van der Waals surface area contributed by atoms with Gasteiger partial charge in [-0.25, -0.2) is 13.2 Å². The topological polar surface area (TPSA) is 101 Å². The van der Waals surface area contributed by atoms with Crippen LogP contribution in [0.25, 0.3) is 0 Å². The average molecular weight is 437 g/mol. The molecule has 142 valence electrons. The van der Waals surface area contributed by atoms with Gasteiger partial charge in [-0.2, -0.15) is 0 Å². The summed E-state index contributed by atoms with van der Waals surface area (Å²) >= 11 is 12.5. The zero-order valence-corrected chi connectivity index (χ0v) is 17.1. The van der Waals surface area contributed by atoms with Gasteiger partial charge in [0, 0.05) is 5.69 Å². The Morgan fingerprint density at radius 3 is 2.58 bits per heavy atom. The van der Waals surface area contributed by atoms with Crippen molar-refractivity contribution < 1.29 is 13.2 Å². The van der Waals surface area contributed by atoms with Crippen LogP contribution in [0.3, 0.4) is 0 Å².